The fourth-order valence-corrected chi connectivity index (χ4v) is 2.45. The molecule has 108 valence electrons. The first-order valence-corrected chi connectivity index (χ1v) is 6.91. The third-order valence-corrected chi connectivity index (χ3v) is 3.77. The van der Waals surface area contributed by atoms with Crippen molar-refractivity contribution in [1.29, 1.82) is 0 Å². The molecule has 0 atom stereocenters. The van der Waals surface area contributed by atoms with Crippen molar-refractivity contribution in [3.8, 4) is 0 Å². The van der Waals surface area contributed by atoms with E-state index in [-0.39, 0.29) is 11.5 Å². The second kappa shape index (κ2) is 6.52. The van der Waals surface area contributed by atoms with Crippen molar-refractivity contribution in [2.45, 2.75) is 31.7 Å². The molecule has 1 fully saturated rings. The summed E-state index contributed by atoms with van der Waals surface area (Å²) >= 11 is 0. The van der Waals surface area contributed by atoms with Gasteiger partial charge in [-0.3, -0.25) is 4.79 Å². The van der Waals surface area contributed by atoms with Gasteiger partial charge in [0.2, 0.25) is 5.91 Å². The van der Waals surface area contributed by atoms with E-state index in [1.807, 2.05) is 0 Å². The Labute approximate surface area is 118 Å². The van der Waals surface area contributed by atoms with Gasteiger partial charge in [0.25, 0.3) is 0 Å². The number of nitrogens with one attached hydrogen (secondary N) is 1. The summed E-state index contributed by atoms with van der Waals surface area (Å²) in [5.74, 6) is -0.978. The van der Waals surface area contributed by atoms with Crippen molar-refractivity contribution in [1.82, 2.24) is 5.32 Å². The maximum absolute atomic E-state index is 12.1. The van der Waals surface area contributed by atoms with Crippen molar-refractivity contribution in [3.63, 3.8) is 0 Å². The Bertz CT molecular complexity index is 478. The van der Waals surface area contributed by atoms with Crippen LogP contribution in [0.2, 0.25) is 0 Å². The molecule has 0 bridgehead atoms. The SMILES string of the molecule is CN(C(=O)CNC1CCCC1)c1ccc(C(=O)O)cc1. The number of likely N-dealkylation sites (N-methyl/N-ethyl adjacent to an activating group) is 1. The highest BCUT2D eigenvalue weighted by Gasteiger charge is 2.17. The normalized spacial score (nSPS) is 15.2. The molecule has 0 radical (unpaired) electrons. The molecule has 5 nitrogen and oxygen atoms in total. The molecule has 2 N–H and O–H groups in total. The Morgan fingerprint density at radius 3 is 2.40 bits per heavy atom. The van der Waals surface area contributed by atoms with Gasteiger partial charge in [-0.05, 0) is 37.1 Å². The topological polar surface area (TPSA) is 69.6 Å². The molecule has 2 rings (SSSR count). The van der Waals surface area contributed by atoms with E-state index in [0.29, 0.717) is 18.3 Å². The van der Waals surface area contributed by atoms with Crippen LogP contribution in [0.3, 0.4) is 0 Å². The van der Waals surface area contributed by atoms with Crippen LogP contribution in [0.15, 0.2) is 24.3 Å². The van der Waals surface area contributed by atoms with E-state index in [1.165, 1.54) is 25.0 Å². The predicted octanol–water partition coefficient (Wildman–Crippen LogP) is 1.88. The number of hydrogen-bond acceptors (Lipinski definition) is 3. The number of hydrogen-bond donors (Lipinski definition) is 2. The van der Waals surface area contributed by atoms with Gasteiger partial charge in [0.15, 0.2) is 0 Å². The summed E-state index contributed by atoms with van der Waals surface area (Å²) in [4.78, 5) is 24.4. The number of carbonyl (C=O) groups excluding carboxylic acids is 1. The minimum absolute atomic E-state index is 0.0139. The van der Waals surface area contributed by atoms with E-state index in [4.69, 9.17) is 5.11 Å². The van der Waals surface area contributed by atoms with Crippen molar-refractivity contribution < 1.29 is 14.7 Å². The standard InChI is InChI=1S/C15H20N2O3/c1-17(13-8-6-11(7-9-13)15(19)20)14(18)10-16-12-4-2-3-5-12/h6-9,12,16H,2-5,10H2,1H3,(H,19,20). The van der Waals surface area contributed by atoms with Gasteiger partial charge in [-0.2, -0.15) is 0 Å². The molecule has 1 aromatic rings. The number of carboxylic acid groups (broad SMARTS) is 1. The third-order valence-electron chi connectivity index (χ3n) is 3.77. The monoisotopic (exact) mass is 276 g/mol. The van der Waals surface area contributed by atoms with Crippen LogP contribution in [0.4, 0.5) is 5.69 Å². The number of aromatic carboxylic acids is 1. The van der Waals surface area contributed by atoms with Crippen LogP contribution < -0.4 is 10.2 Å². The average molecular weight is 276 g/mol. The number of rotatable bonds is 5. The summed E-state index contributed by atoms with van der Waals surface area (Å²) in [6, 6.07) is 6.77. The average Bonchev–Trinajstić information content (AvgIpc) is 2.97. The molecule has 5 heteroatoms. The number of nitrogens with zero attached hydrogens (tertiary/aromatic N) is 1. The van der Waals surface area contributed by atoms with Gasteiger partial charge in [-0.1, -0.05) is 12.8 Å². The van der Waals surface area contributed by atoms with Gasteiger partial charge in [0.05, 0.1) is 12.1 Å². The largest absolute Gasteiger partial charge is 0.478 e. The van der Waals surface area contributed by atoms with E-state index in [0.717, 1.165) is 12.8 Å². The molecule has 0 saturated heterocycles. The van der Waals surface area contributed by atoms with E-state index in [1.54, 1.807) is 24.1 Å². The Balaban J connectivity index is 1.90. The lowest BCUT2D eigenvalue weighted by Gasteiger charge is -2.19. The molecule has 1 amide bonds. The van der Waals surface area contributed by atoms with Crippen molar-refractivity contribution >= 4 is 17.6 Å². The predicted molar refractivity (Wildman–Crippen MR) is 77.1 cm³/mol. The second-order valence-electron chi connectivity index (χ2n) is 5.17. The highest BCUT2D eigenvalue weighted by molar-refractivity contribution is 5.95. The van der Waals surface area contributed by atoms with Crippen LogP contribution in [0.25, 0.3) is 0 Å². The Morgan fingerprint density at radius 2 is 1.85 bits per heavy atom. The zero-order valence-corrected chi connectivity index (χ0v) is 11.6. The van der Waals surface area contributed by atoms with E-state index in [9.17, 15) is 9.59 Å². The number of carboxylic acids is 1. The summed E-state index contributed by atoms with van der Waals surface area (Å²) in [5.41, 5.74) is 0.923. The Hall–Kier alpha value is -1.88. The Morgan fingerprint density at radius 1 is 1.25 bits per heavy atom. The number of anilines is 1. The lowest BCUT2D eigenvalue weighted by molar-refractivity contribution is -0.117. The lowest BCUT2D eigenvalue weighted by Crippen LogP contribution is -2.39. The van der Waals surface area contributed by atoms with Crippen molar-refractivity contribution in [2.24, 2.45) is 0 Å². The van der Waals surface area contributed by atoms with Gasteiger partial charge in [-0.25, -0.2) is 4.79 Å². The summed E-state index contributed by atoms with van der Waals surface area (Å²) in [6.07, 6.45) is 4.76. The molecule has 0 aliphatic heterocycles. The second-order valence-corrected chi connectivity index (χ2v) is 5.17. The molecule has 1 aromatic carbocycles. The first-order valence-electron chi connectivity index (χ1n) is 6.91. The Kier molecular flexibility index (Phi) is 4.74. The highest BCUT2D eigenvalue weighted by Crippen LogP contribution is 2.18. The van der Waals surface area contributed by atoms with Crippen LogP contribution in [0.1, 0.15) is 36.0 Å². The van der Waals surface area contributed by atoms with E-state index in [2.05, 4.69) is 5.32 Å². The van der Waals surface area contributed by atoms with Crippen LogP contribution in [0, 0.1) is 0 Å². The molecule has 0 aromatic heterocycles. The molecule has 0 spiro atoms. The number of carbonyl (C=O) groups is 2. The molecule has 0 heterocycles. The lowest BCUT2D eigenvalue weighted by atomic mass is 10.2. The summed E-state index contributed by atoms with van der Waals surface area (Å²) < 4.78 is 0. The minimum atomic E-state index is -0.964. The minimum Gasteiger partial charge on any atom is -0.478 e. The van der Waals surface area contributed by atoms with Gasteiger partial charge in [0, 0.05) is 18.8 Å². The van der Waals surface area contributed by atoms with Gasteiger partial charge in [-0.15, -0.1) is 0 Å². The van der Waals surface area contributed by atoms with Gasteiger partial charge in [0.1, 0.15) is 0 Å². The maximum Gasteiger partial charge on any atom is 0.335 e. The number of benzene rings is 1. The van der Waals surface area contributed by atoms with Gasteiger partial charge < -0.3 is 15.3 Å². The van der Waals surface area contributed by atoms with E-state index >= 15 is 0 Å². The van der Waals surface area contributed by atoms with E-state index < -0.39 is 5.97 Å². The third kappa shape index (κ3) is 3.57. The first kappa shape index (κ1) is 14.5. The quantitative estimate of drug-likeness (QED) is 0.861. The summed E-state index contributed by atoms with van der Waals surface area (Å²) in [5, 5.41) is 12.1. The highest BCUT2D eigenvalue weighted by atomic mass is 16.4. The zero-order valence-electron chi connectivity index (χ0n) is 11.6. The molecule has 20 heavy (non-hydrogen) atoms. The zero-order chi connectivity index (χ0) is 14.5. The number of amides is 1. The van der Waals surface area contributed by atoms with Crippen molar-refractivity contribution in [2.75, 3.05) is 18.5 Å². The fourth-order valence-electron chi connectivity index (χ4n) is 2.45. The molecule has 0 unspecified atom stereocenters. The summed E-state index contributed by atoms with van der Waals surface area (Å²) in [6.45, 7) is 0.321. The molecular weight excluding hydrogens is 256 g/mol. The van der Waals surface area contributed by atoms with Crippen molar-refractivity contribution in [3.05, 3.63) is 29.8 Å². The van der Waals surface area contributed by atoms with Crippen LogP contribution in [-0.4, -0.2) is 36.6 Å². The first-order chi connectivity index (χ1) is 9.58. The van der Waals surface area contributed by atoms with Gasteiger partial charge >= 0.3 is 5.97 Å². The van der Waals surface area contributed by atoms with Crippen LogP contribution in [-0.2, 0) is 4.79 Å². The molecule has 1 aliphatic carbocycles. The fraction of sp³-hybridized carbons (Fsp3) is 0.467. The smallest absolute Gasteiger partial charge is 0.335 e. The van der Waals surface area contributed by atoms with Crippen LogP contribution in [0.5, 0.6) is 0 Å². The maximum atomic E-state index is 12.1. The molecular formula is C15H20N2O3. The summed E-state index contributed by atoms with van der Waals surface area (Å²) in [7, 11) is 1.70. The van der Waals surface area contributed by atoms with Crippen LogP contribution >= 0.6 is 0 Å². The molecule has 1 saturated carbocycles. The molecule has 1 aliphatic rings.